The Balaban J connectivity index is 1.52. The monoisotopic (exact) mass is 285 g/mol. The molecule has 3 atom stereocenters. The van der Waals surface area contributed by atoms with Crippen molar-refractivity contribution in [1.82, 2.24) is 10.1 Å². The molecule has 0 radical (unpaired) electrons. The first-order valence-electron chi connectivity index (χ1n) is 7.59. The van der Waals surface area contributed by atoms with Gasteiger partial charge in [-0.1, -0.05) is 23.4 Å². The minimum absolute atomic E-state index is 0.174. The van der Waals surface area contributed by atoms with E-state index in [1.54, 1.807) is 0 Å². The maximum atomic E-state index is 5.96. The Hall–Kier alpha value is -1.88. The molecule has 1 aromatic heterocycles. The molecule has 1 aromatic carbocycles. The van der Waals surface area contributed by atoms with Crippen molar-refractivity contribution in [1.29, 1.82) is 0 Å². The van der Waals surface area contributed by atoms with E-state index in [-0.39, 0.29) is 12.0 Å². The highest BCUT2D eigenvalue weighted by molar-refractivity contribution is 5.36. The molecule has 5 nitrogen and oxygen atoms in total. The Morgan fingerprint density at radius 2 is 2.05 bits per heavy atom. The fourth-order valence-electron chi connectivity index (χ4n) is 3.31. The number of fused-ring (bicyclic) bond motifs is 1. The summed E-state index contributed by atoms with van der Waals surface area (Å²) >= 11 is 0. The molecule has 1 aliphatic carbocycles. The average Bonchev–Trinajstić information content (AvgIpc) is 3.15. The molecule has 0 amide bonds. The van der Waals surface area contributed by atoms with Crippen LogP contribution in [0, 0.1) is 0 Å². The summed E-state index contributed by atoms with van der Waals surface area (Å²) in [5.74, 6) is 2.99. The molecule has 2 N–H and O–H groups in total. The Morgan fingerprint density at radius 1 is 1.14 bits per heavy atom. The molecule has 2 heterocycles. The first-order chi connectivity index (χ1) is 10.3. The summed E-state index contributed by atoms with van der Waals surface area (Å²) in [4.78, 5) is 4.61. The first-order valence-corrected chi connectivity index (χ1v) is 7.59. The Kier molecular flexibility index (Phi) is 3.15. The minimum Gasteiger partial charge on any atom is -0.493 e. The Morgan fingerprint density at radius 3 is 2.90 bits per heavy atom. The fraction of sp³-hybridized carbons (Fsp3) is 0.500. The number of hydrogen-bond donors (Lipinski definition) is 1. The quantitative estimate of drug-likeness (QED) is 0.917. The van der Waals surface area contributed by atoms with Crippen molar-refractivity contribution >= 4 is 0 Å². The van der Waals surface area contributed by atoms with Gasteiger partial charge in [-0.15, -0.1) is 0 Å². The molecule has 4 rings (SSSR count). The molecule has 21 heavy (non-hydrogen) atoms. The maximum Gasteiger partial charge on any atom is 0.229 e. The van der Waals surface area contributed by atoms with E-state index in [9.17, 15) is 0 Å². The molecule has 1 saturated carbocycles. The molecular weight excluding hydrogens is 266 g/mol. The molecule has 3 unspecified atom stereocenters. The number of nitrogens with zero attached hydrogens (tertiary/aromatic N) is 2. The van der Waals surface area contributed by atoms with Crippen LogP contribution >= 0.6 is 0 Å². The molecule has 1 aliphatic heterocycles. The molecule has 0 bridgehead atoms. The van der Waals surface area contributed by atoms with Gasteiger partial charge in [0.25, 0.3) is 0 Å². The lowest BCUT2D eigenvalue weighted by Crippen LogP contribution is -2.20. The first kappa shape index (κ1) is 12.8. The summed E-state index contributed by atoms with van der Waals surface area (Å²) in [5, 5.41) is 4.18. The number of nitrogens with two attached hydrogens (primary N) is 1. The van der Waals surface area contributed by atoms with Gasteiger partial charge in [0.15, 0.2) is 5.82 Å². The lowest BCUT2D eigenvalue weighted by Gasteiger charge is -2.22. The summed E-state index contributed by atoms with van der Waals surface area (Å²) < 4.78 is 11.3. The standard InChI is InChI=1S/C16H19N3O2/c17-13-6-5-11(8-13)16-18-15(19-21-16)12-7-10-3-1-2-4-14(10)20-9-12/h1-4,11-13H,5-9,17H2. The van der Waals surface area contributed by atoms with Crippen molar-refractivity contribution in [3.63, 3.8) is 0 Å². The highest BCUT2D eigenvalue weighted by Crippen LogP contribution is 2.35. The van der Waals surface area contributed by atoms with Gasteiger partial charge in [0.1, 0.15) is 5.75 Å². The van der Waals surface area contributed by atoms with Gasteiger partial charge < -0.3 is 15.0 Å². The predicted octanol–water partition coefficient (Wildman–Crippen LogP) is 2.38. The van der Waals surface area contributed by atoms with E-state index >= 15 is 0 Å². The number of benzene rings is 1. The summed E-state index contributed by atoms with van der Waals surface area (Å²) in [6.45, 7) is 0.611. The van der Waals surface area contributed by atoms with Crippen LogP contribution in [0.25, 0.3) is 0 Å². The van der Waals surface area contributed by atoms with Crippen LogP contribution in [0.4, 0.5) is 0 Å². The molecule has 5 heteroatoms. The zero-order chi connectivity index (χ0) is 14.2. The Labute approximate surface area is 123 Å². The van der Waals surface area contributed by atoms with Crippen LogP contribution in [0.5, 0.6) is 5.75 Å². The highest BCUT2D eigenvalue weighted by atomic mass is 16.5. The minimum atomic E-state index is 0.174. The van der Waals surface area contributed by atoms with Crippen LogP contribution in [0.1, 0.15) is 48.4 Å². The number of aromatic nitrogens is 2. The van der Waals surface area contributed by atoms with Gasteiger partial charge in [0.05, 0.1) is 12.5 Å². The molecule has 1 fully saturated rings. The largest absolute Gasteiger partial charge is 0.493 e. The second kappa shape index (κ2) is 5.15. The SMILES string of the molecule is NC1CCC(c2nc(C3COc4ccccc4C3)no2)C1. The van der Waals surface area contributed by atoms with Crippen LogP contribution < -0.4 is 10.5 Å². The summed E-state index contributed by atoms with van der Waals surface area (Å²) in [7, 11) is 0. The van der Waals surface area contributed by atoms with E-state index in [4.69, 9.17) is 15.0 Å². The van der Waals surface area contributed by atoms with Crippen LogP contribution in [0.15, 0.2) is 28.8 Å². The smallest absolute Gasteiger partial charge is 0.229 e. The van der Waals surface area contributed by atoms with Gasteiger partial charge in [0, 0.05) is 12.0 Å². The van der Waals surface area contributed by atoms with Gasteiger partial charge in [-0.2, -0.15) is 4.98 Å². The Bertz CT molecular complexity index is 640. The molecule has 0 saturated heterocycles. The van der Waals surface area contributed by atoms with Gasteiger partial charge in [0.2, 0.25) is 5.89 Å². The van der Waals surface area contributed by atoms with E-state index in [0.717, 1.165) is 43.1 Å². The van der Waals surface area contributed by atoms with Crippen LogP contribution in [0.2, 0.25) is 0 Å². The number of para-hydroxylation sites is 1. The van der Waals surface area contributed by atoms with Crippen LogP contribution in [-0.4, -0.2) is 22.8 Å². The molecule has 0 spiro atoms. The van der Waals surface area contributed by atoms with Gasteiger partial charge in [-0.05, 0) is 37.3 Å². The molecule has 110 valence electrons. The van der Waals surface area contributed by atoms with E-state index in [2.05, 4.69) is 16.2 Å². The predicted molar refractivity (Wildman–Crippen MR) is 77.2 cm³/mol. The van der Waals surface area contributed by atoms with Crippen molar-refractivity contribution in [2.45, 2.75) is 43.6 Å². The third-order valence-electron chi connectivity index (χ3n) is 4.52. The van der Waals surface area contributed by atoms with Crippen LogP contribution in [-0.2, 0) is 6.42 Å². The van der Waals surface area contributed by atoms with Crippen molar-refractivity contribution in [2.24, 2.45) is 5.73 Å². The van der Waals surface area contributed by atoms with E-state index in [0.29, 0.717) is 12.5 Å². The van der Waals surface area contributed by atoms with E-state index < -0.39 is 0 Å². The number of ether oxygens (including phenoxy) is 1. The second-order valence-corrected chi connectivity index (χ2v) is 6.08. The van der Waals surface area contributed by atoms with E-state index in [1.165, 1.54) is 5.56 Å². The van der Waals surface area contributed by atoms with Gasteiger partial charge >= 0.3 is 0 Å². The lowest BCUT2D eigenvalue weighted by molar-refractivity contribution is 0.253. The fourth-order valence-corrected chi connectivity index (χ4v) is 3.31. The number of rotatable bonds is 2. The summed E-state index contributed by atoms with van der Waals surface area (Å²) in [5.41, 5.74) is 7.17. The van der Waals surface area contributed by atoms with E-state index in [1.807, 2.05) is 18.2 Å². The third kappa shape index (κ3) is 2.42. The van der Waals surface area contributed by atoms with Gasteiger partial charge in [-0.3, -0.25) is 0 Å². The maximum absolute atomic E-state index is 5.96. The van der Waals surface area contributed by atoms with Gasteiger partial charge in [-0.25, -0.2) is 0 Å². The summed E-state index contributed by atoms with van der Waals surface area (Å²) in [6.07, 6.45) is 3.94. The topological polar surface area (TPSA) is 74.2 Å². The van der Waals surface area contributed by atoms with Crippen molar-refractivity contribution < 1.29 is 9.26 Å². The molecule has 2 aromatic rings. The van der Waals surface area contributed by atoms with Crippen LogP contribution in [0.3, 0.4) is 0 Å². The average molecular weight is 285 g/mol. The molecule has 2 aliphatic rings. The lowest BCUT2D eigenvalue weighted by atomic mass is 9.96. The zero-order valence-corrected chi connectivity index (χ0v) is 11.9. The zero-order valence-electron chi connectivity index (χ0n) is 11.9. The third-order valence-corrected chi connectivity index (χ3v) is 4.52. The highest BCUT2D eigenvalue weighted by Gasteiger charge is 2.30. The van der Waals surface area contributed by atoms with Crippen molar-refractivity contribution in [2.75, 3.05) is 6.61 Å². The number of hydrogen-bond acceptors (Lipinski definition) is 5. The summed E-state index contributed by atoms with van der Waals surface area (Å²) in [6, 6.07) is 8.41. The van der Waals surface area contributed by atoms with Crippen molar-refractivity contribution in [3.8, 4) is 5.75 Å². The van der Waals surface area contributed by atoms with Crippen molar-refractivity contribution in [3.05, 3.63) is 41.5 Å². The normalized spacial score (nSPS) is 28.1. The second-order valence-electron chi connectivity index (χ2n) is 6.08. The molecular formula is C16H19N3O2.